The van der Waals surface area contributed by atoms with Gasteiger partial charge in [0.1, 0.15) is 5.01 Å². The van der Waals surface area contributed by atoms with Gasteiger partial charge in [-0.3, -0.25) is 9.59 Å². The number of thiazole rings is 1. The molecule has 0 N–H and O–H groups in total. The summed E-state index contributed by atoms with van der Waals surface area (Å²) in [7, 11) is 0. The quantitative estimate of drug-likeness (QED) is 0.213. The van der Waals surface area contributed by atoms with Crippen molar-refractivity contribution in [3.05, 3.63) is 101 Å². The summed E-state index contributed by atoms with van der Waals surface area (Å²) in [5.41, 5.74) is 2.30. The molecule has 0 bridgehead atoms. The number of fused-ring (bicyclic) bond motifs is 4. The lowest BCUT2D eigenvalue weighted by molar-refractivity contribution is 0.0990. The molecule has 0 aliphatic heterocycles. The molecule has 6 aromatic rings. The third-order valence-corrected chi connectivity index (χ3v) is 7.11. The molecular formula is C28H14N2O3S. The number of aromatic nitrogens is 2. The second-order valence-corrected chi connectivity index (χ2v) is 9.15. The van der Waals surface area contributed by atoms with Crippen molar-refractivity contribution in [2.24, 2.45) is 0 Å². The van der Waals surface area contributed by atoms with Gasteiger partial charge in [0.2, 0.25) is 5.89 Å². The molecule has 7 rings (SSSR count). The lowest BCUT2D eigenvalue weighted by atomic mass is 10.0. The van der Waals surface area contributed by atoms with Crippen LogP contribution in [0, 0.1) is 0 Å². The van der Waals surface area contributed by atoms with Gasteiger partial charge in [-0.25, -0.2) is 0 Å². The molecule has 0 spiro atoms. The van der Waals surface area contributed by atoms with Crippen LogP contribution < -0.4 is 0 Å². The highest BCUT2D eigenvalue weighted by molar-refractivity contribution is 7.21. The van der Waals surface area contributed by atoms with Gasteiger partial charge in [-0.1, -0.05) is 78.1 Å². The summed E-state index contributed by atoms with van der Waals surface area (Å²) in [5, 5.41) is 4.90. The number of nitrogens with zero attached hydrogens (tertiary/aromatic N) is 2. The molecule has 4 aromatic carbocycles. The van der Waals surface area contributed by atoms with E-state index in [1.165, 1.54) is 17.4 Å². The Morgan fingerprint density at radius 1 is 0.706 bits per heavy atom. The minimum Gasteiger partial charge on any atom is -0.417 e. The fourth-order valence-electron chi connectivity index (χ4n) is 4.51. The largest absolute Gasteiger partial charge is 0.417 e. The van der Waals surface area contributed by atoms with E-state index < -0.39 is 0 Å². The topological polar surface area (TPSA) is 73.1 Å². The molecule has 160 valence electrons. The number of rotatable bonds is 2. The van der Waals surface area contributed by atoms with Gasteiger partial charge in [0.15, 0.2) is 16.4 Å². The first-order valence-corrected chi connectivity index (χ1v) is 11.6. The van der Waals surface area contributed by atoms with Crippen LogP contribution in [-0.2, 0) is 0 Å². The highest BCUT2D eigenvalue weighted by Crippen LogP contribution is 2.36. The monoisotopic (exact) mass is 458 g/mol. The Balaban J connectivity index is 1.28. The summed E-state index contributed by atoms with van der Waals surface area (Å²) >= 11 is 1.42. The molecule has 2 aromatic heterocycles. The van der Waals surface area contributed by atoms with Crippen molar-refractivity contribution < 1.29 is 14.0 Å². The summed E-state index contributed by atoms with van der Waals surface area (Å²) in [6.45, 7) is 0. The molecule has 6 heteroatoms. The van der Waals surface area contributed by atoms with Crippen molar-refractivity contribution in [1.82, 2.24) is 9.97 Å². The molecule has 2 heterocycles. The maximum Gasteiger partial charge on any atom is 0.259 e. The van der Waals surface area contributed by atoms with Crippen molar-refractivity contribution in [3.63, 3.8) is 0 Å². The lowest BCUT2D eigenvalue weighted by Gasteiger charge is -2.02. The summed E-state index contributed by atoms with van der Waals surface area (Å²) in [4.78, 5) is 35.8. The van der Waals surface area contributed by atoms with Crippen molar-refractivity contribution >= 4 is 61.1 Å². The minimum atomic E-state index is -0.309. The smallest absolute Gasteiger partial charge is 0.259 e. The van der Waals surface area contributed by atoms with Gasteiger partial charge in [0.25, 0.3) is 5.71 Å². The Morgan fingerprint density at radius 2 is 1.35 bits per heavy atom. The highest BCUT2D eigenvalue weighted by atomic mass is 32.1. The second-order valence-electron chi connectivity index (χ2n) is 8.17. The molecule has 0 radical (unpaired) electrons. The Bertz CT molecular complexity index is 1770. The Hall–Kier alpha value is -4.42. The first-order chi connectivity index (χ1) is 16.7. The van der Waals surface area contributed by atoms with Crippen LogP contribution in [0.4, 0.5) is 0 Å². The molecule has 34 heavy (non-hydrogen) atoms. The maximum absolute atomic E-state index is 13.0. The maximum atomic E-state index is 13.0. The number of carbonyl (C=O) groups excluding carboxylic acids is 2. The van der Waals surface area contributed by atoms with Crippen LogP contribution in [0.3, 0.4) is 0 Å². The van der Waals surface area contributed by atoms with Gasteiger partial charge in [-0.2, -0.15) is 9.97 Å². The molecule has 5 nitrogen and oxygen atoms in total. The van der Waals surface area contributed by atoms with Gasteiger partial charge in [-0.15, -0.1) is 0 Å². The predicted octanol–water partition coefficient (Wildman–Crippen LogP) is 6.72. The Morgan fingerprint density at radius 3 is 2.06 bits per heavy atom. The van der Waals surface area contributed by atoms with E-state index in [0.29, 0.717) is 21.7 Å². The Labute approximate surface area is 197 Å². The van der Waals surface area contributed by atoms with Crippen LogP contribution in [0.1, 0.15) is 26.6 Å². The van der Waals surface area contributed by atoms with Gasteiger partial charge in [0, 0.05) is 22.8 Å². The molecule has 0 saturated heterocycles. The van der Waals surface area contributed by atoms with Gasteiger partial charge < -0.3 is 4.42 Å². The van der Waals surface area contributed by atoms with E-state index in [4.69, 9.17) is 4.42 Å². The standard InChI is InChI=1S/C28H14N2O3S/c31-24-20-12-16-7-1-2-8-17(16)13-21(20)25(32)22(24)14-23-29-28-26(33-23)30-27(34-28)19-11-5-9-15-6-3-4-10-18(15)19/h1-14H. The van der Waals surface area contributed by atoms with E-state index in [2.05, 4.69) is 28.2 Å². The van der Waals surface area contributed by atoms with E-state index in [9.17, 15) is 9.59 Å². The highest BCUT2D eigenvalue weighted by Gasteiger charge is 2.34. The van der Waals surface area contributed by atoms with Crippen LogP contribution in [0.15, 0.2) is 88.9 Å². The SMILES string of the molecule is O=C1C(=Cc2nc3sc(-c4cccc5ccccc45)nc3o2)C(=O)c2cc3ccccc3cc21. The van der Waals surface area contributed by atoms with Crippen LogP contribution in [0.5, 0.6) is 0 Å². The first-order valence-electron chi connectivity index (χ1n) is 10.7. The Kier molecular flexibility index (Phi) is 3.95. The van der Waals surface area contributed by atoms with E-state index in [1.54, 1.807) is 12.1 Å². The molecule has 1 aliphatic rings. The van der Waals surface area contributed by atoms with Crippen LogP contribution in [0.25, 0.3) is 48.7 Å². The lowest BCUT2D eigenvalue weighted by Crippen LogP contribution is -2.00. The average Bonchev–Trinajstić information content (AvgIpc) is 3.50. The van der Waals surface area contributed by atoms with Crippen molar-refractivity contribution in [1.29, 1.82) is 0 Å². The number of hydrogen-bond acceptors (Lipinski definition) is 6. The van der Waals surface area contributed by atoms with E-state index in [0.717, 1.165) is 32.1 Å². The van der Waals surface area contributed by atoms with Gasteiger partial charge in [-0.05, 0) is 33.7 Å². The number of oxazole rings is 1. The molecule has 0 amide bonds. The van der Waals surface area contributed by atoms with Crippen molar-refractivity contribution in [3.8, 4) is 10.6 Å². The number of carbonyl (C=O) groups is 2. The predicted molar refractivity (Wildman–Crippen MR) is 133 cm³/mol. The fourth-order valence-corrected chi connectivity index (χ4v) is 5.42. The van der Waals surface area contributed by atoms with E-state index in [-0.39, 0.29) is 23.0 Å². The van der Waals surface area contributed by atoms with E-state index in [1.807, 2.05) is 48.5 Å². The molecule has 0 saturated carbocycles. The number of Topliss-reactive ketones (excluding diaryl/α,β-unsaturated/α-hetero) is 2. The number of allylic oxidation sites excluding steroid dienone is 1. The van der Waals surface area contributed by atoms with Crippen molar-refractivity contribution in [2.75, 3.05) is 0 Å². The van der Waals surface area contributed by atoms with Crippen molar-refractivity contribution in [2.45, 2.75) is 0 Å². The van der Waals surface area contributed by atoms with E-state index >= 15 is 0 Å². The molecular weight excluding hydrogens is 444 g/mol. The molecule has 1 aliphatic carbocycles. The zero-order valence-corrected chi connectivity index (χ0v) is 18.4. The number of hydrogen-bond donors (Lipinski definition) is 0. The summed E-state index contributed by atoms with van der Waals surface area (Å²) in [5.74, 6) is -0.416. The minimum absolute atomic E-state index is 0.0634. The second kappa shape index (κ2) is 7.04. The summed E-state index contributed by atoms with van der Waals surface area (Å²) < 4.78 is 5.82. The normalized spacial score (nSPS) is 13.4. The van der Waals surface area contributed by atoms with Crippen LogP contribution in [-0.4, -0.2) is 21.5 Å². The molecule has 0 fully saturated rings. The molecule has 0 atom stereocenters. The third-order valence-electron chi connectivity index (χ3n) is 6.14. The van der Waals surface area contributed by atoms with Crippen LogP contribution in [0.2, 0.25) is 0 Å². The number of benzene rings is 4. The van der Waals surface area contributed by atoms with Gasteiger partial charge >= 0.3 is 0 Å². The fraction of sp³-hybridized carbons (Fsp3) is 0. The first kappa shape index (κ1) is 19.1. The van der Waals surface area contributed by atoms with Crippen LogP contribution >= 0.6 is 11.3 Å². The summed E-state index contributed by atoms with van der Waals surface area (Å²) in [6, 6.07) is 25.5. The zero-order valence-electron chi connectivity index (χ0n) is 17.6. The van der Waals surface area contributed by atoms with Gasteiger partial charge in [0.05, 0.1) is 5.57 Å². The summed E-state index contributed by atoms with van der Waals surface area (Å²) in [6.07, 6.45) is 1.43. The number of ketones is 2. The third kappa shape index (κ3) is 2.79. The molecule has 0 unspecified atom stereocenters. The average molecular weight is 458 g/mol. The zero-order chi connectivity index (χ0) is 22.8.